The number of aliphatic imine (C=N–C) groups is 1. The van der Waals surface area contributed by atoms with Crippen LogP contribution in [0, 0.1) is 0 Å². The molecule has 0 fully saturated rings. The van der Waals surface area contributed by atoms with E-state index in [0.717, 1.165) is 6.26 Å². The fourth-order valence-electron chi connectivity index (χ4n) is 1.08. The molecule has 0 aliphatic carbocycles. The van der Waals surface area contributed by atoms with Crippen LogP contribution >= 0.6 is 0 Å². The summed E-state index contributed by atoms with van der Waals surface area (Å²) >= 11 is 0. The monoisotopic (exact) mass is 241 g/mol. The van der Waals surface area contributed by atoms with Crippen LogP contribution in [0.4, 0.5) is 5.69 Å². The number of nitrogens with one attached hydrogen (secondary N) is 1. The van der Waals surface area contributed by atoms with Crippen LogP contribution in [-0.4, -0.2) is 25.8 Å². The SMILES string of the molecule is CC(C(=Nc1ccccc1)NN)S(C)(=O)=O. The van der Waals surface area contributed by atoms with Crippen molar-refractivity contribution in [1.29, 1.82) is 0 Å². The Hall–Kier alpha value is -1.40. The maximum absolute atomic E-state index is 11.3. The van der Waals surface area contributed by atoms with Gasteiger partial charge in [0.05, 0.1) is 5.69 Å². The summed E-state index contributed by atoms with van der Waals surface area (Å²) in [6.07, 6.45) is 1.15. The van der Waals surface area contributed by atoms with Gasteiger partial charge < -0.3 is 5.43 Å². The number of benzene rings is 1. The van der Waals surface area contributed by atoms with E-state index in [1.807, 2.05) is 18.2 Å². The second-order valence-electron chi connectivity index (χ2n) is 3.45. The number of amidine groups is 1. The molecule has 0 bridgehead atoms. The summed E-state index contributed by atoms with van der Waals surface area (Å²) in [5.41, 5.74) is 2.99. The van der Waals surface area contributed by atoms with E-state index in [4.69, 9.17) is 5.84 Å². The van der Waals surface area contributed by atoms with Crippen LogP contribution < -0.4 is 11.3 Å². The van der Waals surface area contributed by atoms with E-state index in [0.29, 0.717) is 5.69 Å². The predicted octanol–water partition coefficient (Wildman–Crippen LogP) is 0.613. The summed E-state index contributed by atoms with van der Waals surface area (Å²) in [6, 6.07) is 9.03. The zero-order valence-corrected chi connectivity index (χ0v) is 10.0. The van der Waals surface area contributed by atoms with Crippen molar-refractivity contribution in [2.24, 2.45) is 10.8 Å². The van der Waals surface area contributed by atoms with Crippen LogP contribution in [-0.2, 0) is 9.84 Å². The lowest BCUT2D eigenvalue weighted by molar-refractivity contribution is 0.598. The van der Waals surface area contributed by atoms with Crippen molar-refractivity contribution in [3.8, 4) is 0 Å². The van der Waals surface area contributed by atoms with Crippen molar-refractivity contribution < 1.29 is 8.42 Å². The molecule has 88 valence electrons. The van der Waals surface area contributed by atoms with Gasteiger partial charge in [0, 0.05) is 6.26 Å². The van der Waals surface area contributed by atoms with Crippen LogP contribution in [0.1, 0.15) is 6.92 Å². The number of para-hydroxylation sites is 1. The van der Waals surface area contributed by atoms with Crippen LogP contribution in [0.3, 0.4) is 0 Å². The van der Waals surface area contributed by atoms with E-state index < -0.39 is 15.1 Å². The molecule has 0 spiro atoms. The number of sulfone groups is 1. The fourth-order valence-corrected chi connectivity index (χ4v) is 1.61. The molecule has 0 aliphatic heterocycles. The molecular weight excluding hydrogens is 226 g/mol. The predicted molar refractivity (Wildman–Crippen MR) is 65.2 cm³/mol. The normalized spacial score (nSPS) is 14.6. The molecule has 16 heavy (non-hydrogen) atoms. The summed E-state index contributed by atoms with van der Waals surface area (Å²) in [7, 11) is -3.21. The number of nitrogens with two attached hydrogens (primary N) is 1. The van der Waals surface area contributed by atoms with Gasteiger partial charge in [-0.05, 0) is 19.1 Å². The Morgan fingerprint density at radius 3 is 2.38 bits per heavy atom. The van der Waals surface area contributed by atoms with Gasteiger partial charge in [-0.2, -0.15) is 0 Å². The van der Waals surface area contributed by atoms with E-state index in [1.165, 1.54) is 6.92 Å². The first kappa shape index (κ1) is 12.7. The number of hydrogen-bond donors (Lipinski definition) is 2. The summed E-state index contributed by atoms with van der Waals surface area (Å²) in [4.78, 5) is 4.14. The summed E-state index contributed by atoms with van der Waals surface area (Å²) in [5, 5.41) is -0.752. The first-order valence-corrected chi connectivity index (χ1v) is 6.69. The minimum Gasteiger partial charge on any atom is -0.311 e. The average molecular weight is 241 g/mol. The first-order valence-electron chi connectivity index (χ1n) is 4.74. The van der Waals surface area contributed by atoms with Gasteiger partial charge in [0.1, 0.15) is 11.1 Å². The van der Waals surface area contributed by atoms with Gasteiger partial charge in [0.15, 0.2) is 9.84 Å². The number of hydrogen-bond acceptors (Lipinski definition) is 4. The van der Waals surface area contributed by atoms with Gasteiger partial charge in [-0.25, -0.2) is 19.3 Å². The molecule has 1 rings (SSSR count). The van der Waals surface area contributed by atoms with Gasteiger partial charge in [-0.15, -0.1) is 0 Å². The lowest BCUT2D eigenvalue weighted by Crippen LogP contribution is -2.41. The zero-order valence-electron chi connectivity index (χ0n) is 9.21. The molecule has 3 N–H and O–H groups in total. The van der Waals surface area contributed by atoms with E-state index in [1.54, 1.807) is 12.1 Å². The van der Waals surface area contributed by atoms with Crippen molar-refractivity contribution in [3.63, 3.8) is 0 Å². The smallest absolute Gasteiger partial charge is 0.157 e. The zero-order chi connectivity index (χ0) is 12.2. The molecule has 6 heteroatoms. The van der Waals surface area contributed by atoms with Crippen molar-refractivity contribution in [2.45, 2.75) is 12.2 Å². The van der Waals surface area contributed by atoms with Gasteiger partial charge in [0.2, 0.25) is 0 Å². The Balaban J connectivity index is 3.04. The highest BCUT2D eigenvalue weighted by Crippen LogP contribution is 2.11. The minimum absolute atomic E-state index is 0.230. The highest BCUT2D eigenvalue weighted by atomic mass is 32.2. The highest BCUT2D eigenvalue weighted by Gasteiger charge is 2.20. The molecule has 0 saturated heterocycles. The summed E-state index contributed by atoms with van der Waals surface area (Å²) in [5.74, 6) is 5.50. The Kier molecular flexibility index (Phi) is 4.03. The second-order valence-corrected chi connectivity index (χ2v) is 5.81. The van der Waals surface area contributed by atoms with E-state index in [2.05, 4.69) is 10.4 Å². The third-order valence-corrected chi connectivity index (χ3v) is 3.69. The third-order valence-electron chi connectivity index (χ3n) is 2.18. The standard InChI is InChI=1S/C10H15N3O2S/c1-8(16(2,14)15)10(13-11)12-9-6-4-3-5-7-9/h3-8H,11H2,1-2H3,(H,12,13). The number of hydrazine groups is 1. The third kappa shape index (κ3) is 3.32. The van der Waals surface area contributed by atoms with Crippen molar-refractivity contribution in [3.05, 3.63) is 30.3 Å². The lowest BCUT2D eigenvalue weighted by atomic mass is 10.3. The largest absolute Gasteiger partial charge is 0.311 e. The molecule has 1 atom stereocenters. The molecule has 0 aliphatic rings. The van der Waals surface area contributed by atoms with Gasteiger partial charge in [-0.3, -0.25) is 0 Å². The molecular formula is C10H15N3O2S. The molecule has 0 heterocycles. The fraction of sp³-hybridized carbons (Fsp3) is 0.300. The Bertz CT molecular complexity index is 468. The molecule has 1 aromatic carbocycles. The summed E-state index contributed by atoms with van der Waals surface area (Å²) < 4.78 is 22.7. The Labute approximate surface area is 95.3 Å². The molecule has 1 unspecified atom stereocenters. The first-order chi connectivity index (χ1) is 7.45. The Morgan fingerprint density at radius 2 is 1.94 bits per heavy atom. The van der Waals surface area contributed by atoms with Crippen molar-refractivity contribution >= 4 is 21.4 Å². The number of rotatable bonds is 3. The van der Waals surface area contributed by atoms with Crippen LogP contribution in [0.25, 0.3) is 0 Å². The van der Waals surface area contributed by atoms with Crippen LogP contribution in [0.2, 0.25) is 0 Å². The molecule has 0 radical (unpaired) electrons. The maximum Gasteiger partial charge on any atom is 0.157 e. The van der Waals surface area contributed by atoms with Gasteiger partial charge in [-0.1, -0.05) is 18.2 Å². The lowest BCUT2D eigenvalue weighted by Gasteiger charge is -2.12. The van der Waals surface area contributed by atoms with Gasteiger partial charge in [0.25, 0.3) is 0 Å². The minimum atomic E-state index is -3.21. The van der Waals surface area contributed by atoms with E-state index in [-0.39, 0.29) is 5.84 Å². The number of nitrogens with zero attached hydrogens (tertiary/aromatic N) is 1. The molecule has 0 saturated carbocycles. The molecule has 0 aromatic heterocycles. The van der Waals surface area contributed by atoms with Crippen molar-refractivity contribution in [2.75, 3.05) is 6.26 Å². The van der Waals surface area contributed by atoms with Crippen molar-refractivity contribution in [1.82, 2.24) is 5.43 Å². The topological polar surface area (TPSA) is 84.5 Å². The summed E-state index contributed by atoms with van der Waals surface area (Å²) in [6.45, 7) is 1.54. The van der Waals surface area contributed by atoms with Crippen LogP contribution in [0.5, 0.6) is 0 Å². The molecule has 1 aromatic rings. The molecule has 0 amide bonds. The quantitative estimate of drug-likeness (QED) is 0.351. The van der Waals surface area contributed by atoms with Crippen LogP contribution in [0.15, 0.2) is 35.3 Å². The molecule has 5 nitrogen and oxygen atoms in total. The Morgan fingerprint density at radius 1 is 1.38 bits per heavy atom. The highest BCUT2D eigenvalue weighted by molar-refractivity contribution is 7.92. The average Bonchev–Trinajstić information content (AvgIpc) is 2.25. The van der Waals surface area contributed by atoms with Gasteiger partial charge >= 0.3 is 0 Å². The van der Waals surface area contributed by atoms with E-state index in [9.17, 15) is 8.42 Å². The maximum atomic E-state index is 11.3. The van der Waals surface area contributed by atoms with E-state index >= 15 is 0 Å². The second kappa shape index (κ2) is 5.09.